The van der Waals surface area contributed by atoms with Crippen molar-refractivity contribution in [3.05, 3.63) is 23.9 Å². The first-order chi connectivity index (χ1) is 6.27. The summed E-state index contributed by atoms with van der Waals surface area (Å²) in [6.07, 6.45) is 3.29. The lowest BCUT2D eigenvalue weighted by Crippen LogP contribution is -2.10. The van der Waals surface area contributed by atoms with Crippen LogP contribution in [0.2, 0.25) is 5.02 Å². The molecule has 13 heavy (non-hydrogen) atoms. The van der Waals surface area contributed by atoms with Gasteiger partial charge in [-0.15, -0.1) is 18.3 Å². The number of anilines is 1. The van der Waals surface area contributed by atoms with Crippen molar-refractivity contribution in [1.29, 1.82) is 0 Å². The number of thioether (sulfide) groups is 1. The number of halogens is 1. The van der Waals surface area contributed by atoms with Crippen LogP contribution in [0.1, 0.15) is 0 Å². The Morgan fingerprint density at radius 1 is 1.77 bits per heavy atom. The lowest BCUT2D eigenvalue weighted by molar-refractivity contribution is 1.03. The molecule has 0 aliphatic carbocycles. The maximum Gasteiger partial charge on any atom is 0.238 e. The number of hydrogen-bond acceptors (Lipinski definition) is 5. The average molecular weight is 217 g/mol. The third kappa shape index (κ3) is 2.87. The first kappa shape index (κ1) is 10.3. The number of hydrazine groups is 1. The van der Waals surface area contributed by atoms with E-state index in [4.69, 9.17) is 17.4 Å². The standard InChI is InChI=1S/C7H9ClN4S/c1-2-3-13-6-5(8)4-10-7(11-6)12-9/h2,4H,1,3,9H2,(H,10,11,12). The number of nitrogen functional groups attached to an aromatic ring is 1. The summed E-state index contributed by atoms with van der Waals surface area (Å²) in [4.78, 5) is 7.91. The third-order valence-electron chi connectivity index (χ3n) is 1.18. The summed E-state index contributed by atoms with van der Waals surface area (Å²) in [5.74, 6) is 6.26. The lowest BCUT2D eigenvalue weighted by atomic mass is 10.7. The molecule has 0 atom stereocenters. The number of hydrogen-bond donors (Lipinski definition) is 2. The Hall–Kier alpha value is -0.780. The zero-order valence-electron chi connectivity index (χ0n) is 6.83. The van der Waals surface area contributed by atoms with Crippen LogP contribution in [0.15, 0.2) is 23.9 Å². The predicted molar refractivity (Wildman–Crippen MR) is 55.8 cm³/mol. The van der Waals surface area contributed by atoms with Crippen LogP contribution in [0.4, 0.5) is 5.95 Å². The molecule has 0 saturated heterocycles. The average Bonchev–Trinajstić information content (AvgIpc) is 2.17. The Morgan fingerprint density at radius 2 is 2.54 bits per heavy atom. The van der Waals surface area contributed by atoms with Crippen molar-refractivity contribution in [1.82, 2.24) is 9.97 Å². The fourth-order valence-electron chi connectivity index (χ4n) is 0.660. The van der Waals surface area contributed by atoms with Gasteiger partial charge >= 0.3 is 0 Å². The van der Waals surface area contributed by atoms with Crippen molar-refractivity contribution >= 4 is 29.3 Å². The molecule has 1 heterocycles. The van der Waals surface area contributed by atoms with Gasteiger partial charge in [0.15, 0.2) is 0 Å². The normalized spacial score (nSPS) is 9.69. The van der Waals surface area contributed by atoms with E-state index in [9.17, 15) is 0 Å². The molecule has 3 N–H and O–H groups in total. The van der Waals surface area contributed by atoms with Crippen LogP contribution in [0.5, 0.6) is 0 Å². The molecule has 0 spiro atoms. The van der Waals surface area contributed by atoms with Gasteiger partial charge in [0, 0.05) is 5.75 Å². The van der Waals surface area contributed by atoms with Crippen molar-refractivity contribution in [2.45, 2.75) is 5.03 Å². The lowest BCUT2D eigenvalue weighted by Gasteiger charge is -2.02. The van der Waals surface area contributed by atoms with Crippen LogP contribution in [0.3, 0.4) is 0 Å². The molecule has 6 heteroatoms. The molecule has 0 aromatic carbocycles. The van der Waals surface area contributed by atoms with Crippen molar-refractivity contribution < 1.29 is 0 Å². The number of rotatable bonds is 4. The molecule has 70 valence electrons. The highest BCUT2D eigenvalue weighted by Crippen LogP contribution is 2.24. The second-order valence-corrected chi connectivity index (χ2v) is 3.51. The van der Waals surface area contributed by atoms with Crippen LogP contribution >= 0.6 is 23.4 Å². The summed E-state index contributed by atoms with van der Waals surface area (Å²) in [6.45, 7) is 3.60. The largest absolute Gasteiger partial charge is 0.292 e. The summed E-state index contributed by atoms with van der Waals surface area (Å²) in [6, 6.07) is 0. The maximum absolute atomic E-state index is 5.84. The fourth-order valence-corrected chi connectivity index (χ4v) is 1.53. The van der Waals surface area contributed by atoms with Gasteiger partial charge in [-0.05, 0) is 0 Å². The molecule has 0 aliphatic rings. The SMILES string of the molecule is C=CCSc1nc(NN)ncc1Cl. The zero-order chi connectivity index (χ0) is 9.68. The minimum Gasteiger partial charge on any atom is -0.292 e. The van der Waals surface area contributed by atoms with Crippen LogP contribution in [0.25, 0.3) is 0 Å². The van der Waals surface area contributed by atoms with E-state index >= 15 is 0 Å². The Labute approximate surface area is 85.6 Å². The van der Waals surface area contributed by atoms with E-state index < -0.39 is 0 Å². The predicted octanol–water partition coefficient (Wildman–Crippen LogP) is 1.69. The fraction of sp³-hybridized carbons (Fsp3) is 0.143. The van der Waals surface area contributed by atoms with E-state index in [2.05, 4.69) is 22.0 Å². The number of nitrogens with one attached hydrogen (secondary N) is 1. The Bertz CT molecular complexity index is 305. The summed E-state index contributed by atoms with van der Waals surface area (Å²) in [5.41, 5.74) is 2.35. The van der Waals surface area contributed by atoms with E-state index in [0.717, 1.165) is 5.75 Å². The molecule has 0 aliphatic heterocycles. The highest BCUT2D eigenvalue weighted by molar-refractivity contribution is 7.99. The van der Waals surface area contributed by atoms with E-state index in [1.165, 1.54) is 18.0 Å². The third-order valence-corrected chi connectivity index (χ3v) is 2.55. The van der Waals surface area contributed by atoms with Crippen LogP contribution in [-0.2, 0) is 0 Å². The Morgan fingerprint density at radius 3 is 3.15 bits per heavy atom. The van der Waals surface area contributed by atoms with Gasteiger partial charge in [-0.25, -0.2) is 15.8 Å². The Kier molecular flexibility index (Phi) is 4.01. The first-order valence-corrected chi connectivity index (χ1v) is 4.87. The Balaban J connectivity index is 2.83. The van der Waals surface area contributed by atoms with Crippen LogP contribution in [0, 0.1) is 0 Å². The summed E-state index contributed by atoms with van der Waals surface area (Å²) >= 11 is 7.32. The first-order valence-electron chi connectivity index (χ1n) is 3.50. The van der Waals surface area contributed by atoms with Gasteiger partial charge in [-0.3, -0.25) is 5.43 Å². The van der Waals surface area contributed by atoms with E-state index in [-0.39, 0.29) is 0 Å². The number of aromatic nitrogens is 2. The van der Waals surface area contributed by atoms with Crippen molar-refractivity contribution in [3.63, 3.8) is 0 Å². The summed E-state index contributed by atoms with van der Waals surface area (Å²) in [7, 11) is 0. The van der Waals surface area contributed by atoms with E-state index in [0.29, 0.717) is 16.0 Å². The second kappa shape index (κ2) is 5.06. The molecule has 1 rings (SSSR count). The van der Waals surface area contributed by atoms with Crippen LogP contribution < -0.4 is 11.3 Å². The molecule has 0 unspecified atom stereocenters. The van der Waals surface area contributed by atoms with E-state index in [1.54, 1.807) is 6.08 Å². The molecule has 0 amide bonds. The van der Waals surface area contributed by atoms with Gasteiger partial charge in [0.2, 0.25) is 5.95 Å². The van der Waals surface area contributed by atoms with Crippen LogP contribution in [-0.4, -0.2) is 15.7 Å². The summed E-state index contributed by atoms with van der Waals surface area (Å²) < 4.78 is 0. The maximum atomic E-state index is 5.84. The molecule has 1 aromatic heterocycles. The van der Waals surface area contributed by atoms with Gasteiger partial charge in [0.1, 0.15) is 5.03 Å². The van der Waals surface area contributed by atoms with Crippen molar-refractivity contribution in [2.24, 2.45) is 5.84 Å². The number of nitrogens with zero attached hydrogens (tertiary/aromatic N) is 2. The number of nitrogens with two attached hydrogens (primary N) is 1. The molecule has 0 bridgehead atoms. The topological polar surface area (TPSA) is 63.8 Å². The van der Waals surface area contributed by atoms with Gasteiger partial charge in [0.25, 0.3) is 0 Å². The molecule has 0 saturated carbocycles. The van der Waals surface area contributed by atoms with Gasteiger partial charge in [0.05, 0.1) is 11.2 Å². The molecule has 1 aromatic rings. The smallest absolute Gasteiger partial charge is 0.238 e. The highest BCUT2D eigenvalue weighted by atomic mass is 35.5. The molecular formula is C7H9ClN4S. The van der Waals surface area contributed by atoms with Crippen molar-refractivity contribution in [3.8, 4) is 0 Å². The minimum absolute atomic E-state index is 0.357. The van der Waals surface area contributed by atoms with Gasteiger partial charge in [-0.1, -0.05) is 17.7 Å². The van der Waals surface area contributed by atoms with Crippen molar-refractivity contribution in [2.75, 3.05) is 11.2 Å². The highest BCUT2D eigenvalue weighted by Gasteiger charge is 2.03. The van der Waals surface area contributed by atoms with Gasteiger partial charge < -0.3 is 0 Å². The monoisotopic (exact) mass is 216 g/mol. The van der Waals surface area contributed by atoms with Gasteiger partial charge in [-0.2, -0.15) is 0 Å². The molecular weight excluding hydrogens is 208 g/mol. The molecule has 0 fully saturated rings. The zero-order valence-corrected chi connectivity index (χ0v) is 8.40. The quantitative estimate of drug-likeness (QED) is 0.264. The minimum atomic E-state index is 0.357. The summed E-state index contributed by atoms with van der Waals surface area (Å²) in [5, 5.41) is 1.22. The molecule has 4 nitrogen and oxygen atoms in total. The van der Waals surface area contributed by atoms with E-state index in [1.807, 2.05) is 0 Å². The molecule has 0 radical (unpaired) electrons. The second-order valence-electron chi connectivity index (χ2n) is 2.09.